The Kier molecular flexibility index (Phi) is 4.16. The molecule has 3 heteroatoms. The van der Waals surface area contributed by atoms with Crippen LogP contribution in [0.3, 0.4) is 0 Å². The molecule has 0 rings (SSSR count). The standard InChI is InChI=1S/C3H8ClNS/c1-3(2-6)5-4/h3,5-6H,2H2,1H3/t3-/m0/s1. The van der Waals surface area contributed by atoms with Crippen LogP contribution in [0.25, 0.3) is 0 Å². The molecule has 0 unspecified atom stereocenters. The summed E-state index contributed by atoms with van der Waals surface area (Å²) < 4.78 is 0. The van der Waals surface area contributed by atoms with Gasteiger partial charge in [-0.2, -0.15) is 12.6 Å². The zero-order valence-electron chi connectivity index (χ0n) is 3.61. The first-order chi connectivity index (χ1) is 2.81. The predicted octanol–water partition coefficient (Wildman–Crippen LogP) is 1.05. The van der Waals surface area contributed by atoms with Gasteiger partial charge in [-0.15, -0.1) is 0 Å². The molecule has 1 atom stereocenters. The maximum absolute atomic E-state index is 5.15. The highest BCUT2D eigenvalue weighted by molar-refractivity contribution is 7.80. The average Bonchev–Trinajstić information content (AvgIpc) is 1.65. The minimum atomic E-state index is 0.315. The molecule has 0 heterocycles. The zero-order chi connectivity index (χ0) is 4.99. The van der Waals surface area contributed by atoms with Crippen molar-refractivity contribution in [2.75, 3.05) is 5.75 Å². The molecule has 1 nitrogen and oxygen atoms in total. The predicted molar refractivity (Wildman–Crippen MR) is 32.3 cm³/mol. The second kappa shape index (κ2) is 3.78. The third kappa shape index (κ3) is 2.82. The maximum Gasteiger partial charge on any atom is 0.0280 e. The molecule has 0 saturated heterocycles. The van der Waals surface area contributed by atoms with Crippen LogP contribution in [0, 0.1) is 0 Å². The molecule has 0 fully saturated rings. The van der Waals surface area contributed by atoms with Crippen LogP contribution in [0.15, 0.2) is 0 Å². The van der Waals surface area contributed by atoms with Crippen LogP contribution >= 0.6 is 24.4 Å². The Balaban J connectivity index is 2.75. The molecule has 0 spiro atoms. The van der Waals surface area contributed by atoms with Crippen LogP contribution in [-0.2, 0) is 0 Å². The van der Waals surface area contributed by atoms with Gasteiger partial charge in [-0.05, 0) is 18.7 Å². The van der Waals surface area contributed by atoms with Gasteiger partial charge in [0.15, 0.2) is 0 Å². The SMILES string of the molecule is C[C@@H](CS)NCl. The summed E-state index contributed by atoms with van der Waals surface area (Å²) in [4.78, 5) is 2.51. The maximum atomic E-state index is 5.15. The molecule has 0 saturated carbocycles. The summed E-state index contributed by atoms with van der Waals surface area (Å²) in [5.41, 5.74) is 0. The van der Waals surface area contributed by atoms with Crippen molar-refractivity contribution in [2.45, 2.75) is 13.0 Å². The summed E-state index contributed by atoms with van der Waals surface area (Å²) in [5.74, 6) is 0.781. The van der Waals surface area contributed by atoms with Gasteiger partial charge >= 0.3 is 0 Å². The second-order valence-electron chi connectivity index (χ2n) is 1.19. The molecule has 0 aliphatic heterocycles. The van der Waals surface area contributed by atoms with Crippen molar-refractivity contribution >= 4 is 24.4 Å². The van der Waals surface area contributed by atoms with Gasteiger partial charge in [0.2, 0.25) is 0 Å². The van der Waals surface area contributed by atoms with Crippen molar-refractivity contribution < 1.29 is 0 Å². The van der Waals surface area contributed by atoms with Crippen LogP contribution in [0.4, 0.5) is 0 Å². The number of halogens is 1. The normalized spacial score (nSPS) is 14.5. The molecule has 0 aromatic rings. The highest BCUT2D eigenvalue weighted by atomic mass is 35.5. The lowest BCUT2D eigenvalue weighted by molar-refractivity contribution is 0.775. The number of hydrogen-bond acceptors (Lipinski definition) is 2. The van der Waals surface area contributed by atoms with E-state index in [2.05, 4.69) is 17.5 Å². The molecule has 0 aromatic heterocycles. The summed E-state index contributed by atoms with van der Waals surface area (Å²) in [6.07, 6.45) is 0. The van der Waals surface area contributed by atoms with E-state index >= 15 is 0 Å². The summed E-state index contributed by atoms with van der Waals surface area (Å²) >= 11 is 9.10. The van der Waals surface area contributed by atoms with Gasteiger partial charge in [-0.25, -0.2) is 4.84 Å². The molecule has 0 amide bonds. The van der Waals surface area contributed by atoms with E-state index < -0.39 is 0 Å². The molecule has 0 aromatic carbocycles. The number of thiol groups is 1. The fraction of sp³-hybridized carbons (Fsp3) is 1.00. The van der Waals surface area contributed by atoms with Crippen LogP contribution in [-0.4, -0.2) is 11.8 Å². The molecule has 6 heavy (non-hydrogen) atoms. The largest absolute Gasteiger partial charge is 0.230 e. The molecule has 0 bridgehead atoms. The topological polar surface area (TPSA) is 12.0 Å². The lowest BCUT2D eigenvalue weighted by Gasteiger charge is -1.98. The Hall–Kier alpha value is 0.600. The molecule has 0 aliphatic rings. The number of rotatable bonds is 2. The van der Waals surface area contributed by atoms with Crippen molar-refractivity contribution in [3.05, 3.63) is 0 Å². The monoisotopic (exact) mass is 125 g/mol. The fourth-order valence-corrected chi connectivity index (χ4v) is 0.311. The Labute approximate surface area is 48.6 Å². The number of hydrogen-bond donors (Lipinski definition) is 2. The quantitative estimate of drug-likeness (QED) is 0.415. The van der Waals surface area contributed by atoms with E-state index in [1.165, 1.54) is 0 Å². The zero-order valence-corrected chi connectivity index (χ0v) is 5.26. The van der Waals surface area contributed by atoms with Crippen molar-refractivity contribution in [3.63, 3.8) is 0 Å². The van der Waals surface area contributed by atoms with E-state index in [9.17, 15) is 0 Å². The summed E-state index contributed by atoms with van der Waals surface area (Å²) in [6, 6.07) is 0.315. The van der Waals surface area contributed by atoms with Crippen LogP contribution in [0.5, 0.6) is 0 Å². The third-order valence-corrected chi connectivity index (χ3v) is 1.38. The van der Waals surface area contributed by atoms with E-state index in [0.29, 0.717) is 6.04 Å². The first-order valence-electron chi connectivity index (χ1n) is 1.78. The van der Waals surface area contributed by atoms with Gasteiger partial charge in [0.1, 0.15) is 0 Å². The Morgan fingerprint density at radius 1 is 2.00 bits per heavy atom. The first kappa shape index (κ1) is 6.60. The first-order valence-corrected chi connectivity index (χ1v) is 2.79. The van der Waals surface area contributed by atoms with Crippen molar-refractivity contribution in [1.29, 1.82) is 0 Å². The van der Waals surface area contributed by atoms with Gasteiger partial charge in [-0.1, -0.05) is 0 Å². The Morgan fingerprint density at radius 3 is 2.50 bits per heavy atom. The molecule has 38 valence electrons. The highest BCUT2D eigenvalue weighted by Gasteiger charge is 1.89. The lowest BCUT2D eigenvalue weighted by atomic mass is 10.4. The second-order valence-corrected chi connectivity index (χ2v) is 1.78. The van der Waals surface area contributed by atoms with Gasteiger partial charge < -0.3 is 0 Å². The summed E-state index contributed by atoms with van der Waals surface area (Å²) in [5, 5.41) is 0. The van der Waals surface area contributed by atoms with Crippen LogP contribution in [0.2, 0.25) is 0 Å². The average molecular weight is 126 g/mol. The van der Waals surface area contributed by atoms with E-state index in [1.54, 1.807) is 0 Å². The van der Waals surface area contributed by atoms with E-state index in [0.717, 1.165) is 5.75 Å². The minimum absolute atomic E-state index is 0.315. The Bertz CT molecular complexity index is 30.0. The van der Waals surface area contributed by atoms with Crippen molar-refractivity contribution in [2.24, 2.45) is 0 Å². The van der Waals surface area contributed by atoms with Crippen molar-refractivity contribution in [1.82, 2.24) is 4.84 Å². The smallest absolute Gasteiger partial charge is 0.0280 e. The highest BCUT2D eigenvalue weighted by Crippen LogP contribution is 1.83. The molecular formula is C3H8ClNS. The van der Waals surface area contributed by atoms with E-state index in [4.69, 9.17) is 11.8 Å². The molecular weight excluding hydrogens is 118 g/mol. The van der Waals surface area contributed by atoms with Crippen molar-refractivity contribution in [3.8, 4) is 0 Å². The lowest BCUT2D eigenvalue weighted by Crippen LogP contribution is -2.16. The Morgan fingerprint density at radius 2 is 2.50 bits per heavy atom. The fourth-order valence-electron chi connectivity index (χ4n) is 0.0345. The minimum Gasteiger partial charge on any atom is -0.230 e. The van der Waals surface area contributed by atoms with Gasteiger partial charge in [-0.3, -0.25) is 0 Å². The molecule has 0 aliphatic carbocycles. The summed E-state index contributed by atoms with van der Waals surface area (Å²) in [6.45, 7) is 1.96. The van der Waals surface area contributed by atoms with Gasteiger partial charge in [0, 0.05) is 11.8 Å². The van der Waals surface area contributed by atoms with Gasteiger partial charge in [0.25, 0.3) is 0 Å². The molecule has 1 N–H and O–H groups in total. The third-order valence-electron chi connectivity index (χ3n) is 0.460. The van der Waals surface area contributed by atoms with E-state index in [1.807, 2.05) is 6.92 Å². The van der Waals surface area contributed by atoms with E-state index in [-0.39, 0.29) is 0 Å². The summed E-state index contributed by atoms with van der Waals surface area (Å²) in [7, 11) is 0. The van der Waals surface area contributed by atoms with Crippen LogP contribution in [0.1, 0.15) is 6.92 Å². The van der Waals surface area contributed by atoms with Crippen LogP contribution < -0.4 is 4.84 Å². The van der Waals surface area contributed by atoms with Gasteiger partial charge in [0.05, 0.1) is 0 Å². The number of nitrogens with one attached hydrogen (secondary N) is 1. The molecule has 0 radical (unpaired) electrons.